The topological polar surface area (TPSA) is 67.2 Å². The molecule has 0 fully saturated rings. The molecule has 1 aromatic heterocycles. The standard InChI is InChI=1S/C15H15N3O2/c1-3-17-14-5-4-6-15(18-14)20-12-8-7-11(10-16)9-13(12)19-2/h4-9H,3H2,1-2H3,(H,17,18). The molecular weight excluding hydrogens is 254 g/mol. The lowest BCUT2D eigenvalue weighted by Gasteiger charge is -2.10. The third kappa shape index (κ3) is 3.18. The van der Waals surface area contributed by atoms with Crippen molar-refractivity contribution in [3.8, 4) is 23.4 Å². The Balaban J connectivity index is 2.25. The van der Waals surface area contributed by atoms with Crippen LogP contribution in [0.4, 0.5) is 5.82 Å². The van der Waals surface area contributed by atoms with Gasteiger partial charge in [0, 0.05) is 18.7 Å². The molecule has 102 valence electrons. The Hall–Kier alpha value is -2.74. The van der Waals surface area contributed by atoms with Gasteiger partial charge >= 0.3 is 0 Å². The van der Waals surface area contributed by atoms with Crippen molar-refractivity contribution in [1.82, 2.24) is 4.98 Å². The molecule has 20 heavy (non-hydrogen) atoms. The maximum absolute atomic E-state index is 8.87. The van der Waals surface area contributed by atoms with Gasteiger partial charge in [-0.25, -0.2) is 0 Å². The molecule has 0 unspecified atom stereocenters. The van der Waals surface area contributed by atoms with Gasteiger partial charge in [-0.15, -0.1) is 0 Å². The number of nitriles is 1. The van der Waals surface area contributed by atoms with Crippen molar-refractivity contribution in [1.29, 1.82) is 5.26 Å². The number of aromatic nitrogens is 1. The monoisotopic (exact) mass is 269 g/mol. The number of nitrogens with one attached hydrogen (secondary N) is 1. The number of pyridine rings is 1. The summed E-state index contributed by atoms with van der Waals surface area (Å²) in [6.07, 6.45) is 0. The molecule has 0 spiro atoms. The molecule has 0 aliphatic carbocycles. The molecule has 0 atom stereocenters. The fourth-order valence-corrected chi connectivity index (χ4v) is 1.69. The van der Waals surface area contributed by atoms with E-state index in [1.165, 1.54) is 7.11 Å². The lowest BCUT2D eigenvalue weighted by atomic mass is 10.2. The van der Waals surface area contributed by atoms with Crippen molar-refractivity contribution < 1.29 is 9.47 Å². The quantitative estimate of drug-likeness (QED) is 0.902. The van der Waals surface area contributed by atoms with Gasteiger partial charge in [0.1, 0.15) is 5.82 Å². The van der Waals surface area contributed by atoms with Crippen LogP contribution in [-0.2, 0) is 0 Å². The van der Waals surface area contributed by atoms with E-state index < -0.39 is 0 Å². The summed E-state index contributed by atoms with van der Waals surface area (Å²) in [5.41, 5.74) is 0.517. The Kier molecular flexibility index (Phi) is 4.40. The second kappa shape index (κ2) is 6.43. The van der Waals surface area contributed by atoms with E-state index in [1.54, 1.807) is 24.3 Å². The number of benzene rings is 1. The van der Waals surface area contributed by atoms with Crippen LogP contribution in [0.1, 0.15) is 12.5 Å². The molecule has 1 aromatic carbocycles. The number of ether oxygens (including phenoxy) is 2. The Morgan fingerprint density at radius 2 is 2.10 bits per heavy atom. The number of methoxy groups -OCH3 is 1. The fraction of sp³-hybridized carbons (Fsp3) is 0.200. The largest absolute Gasteiger partial charge is 0.493 e. The maximum Gasteiger partial charge on any atom is 0.221 e. The normalized spacial score (nSPS) is 9.65. The van der Waals surface area contributed by atoms with Crippen LogP contribution in [0.3, 0.4) is 0 Å². The number of anilines is 1. The summed E-state index contributed by atoms with van der Waals surface area (Å²) in [6, 6.07) is 12.5. The highest BCUT2D eigenvalue weighted by atomic mass is 16.5. The van der Waals surface area contributed by atoms with Crippen LogP contribution in [0, 0.1) is 11.3 Å². The molecule has 0 bridgehead atoms. The van der Waals surface area contributed by atoms with Crippen molar-refractivity contribution in [2.45, 2.75) is 6.92 Å². The smallest absolute Gasteiger partial charge is 0.221 e. The molecule has 5 heteroatoms. The van der Waals surface area contributed by atoms with Gasteiger partial charge in [0.25, 0.3) is 0 Å². The lowest BCUT2D eigenvalue weighted by molar-refractivity contribution is 0.374. The van der Waals surface area contributed by atoms with E-state index in [0.717, 1.165) is 12.4 Å². The summed E-state index contributed by atoms with van der Waals surface area (Å²) in [5, 5.41) is 12.0. The predicted octanol–water partition coefficient (Wildman–Crippen LogP) is 3.19. The highest BCUT2D eigenvalue weighted by molar-refractivity contribution is 5.48. The summed E-state index contributed by atoms with van der Waals surface area (Å²) >= 11 is 0. The zero-order valence-electron chi connectivity index (χ0n) is 11.4. The Labute approximate surface area is 117 Å². The molecule has 5 nitrogen and oxygen atoms in total. The summed E-state index contributed by atoms with van der Waals surface area (Å²) in [7, 11) is 1.53. The van der Waals surface area contributed by atoms with E-state index in [-0.39, 0.29) is 0 Å². The van der Waals surface area contributed by atoms with E-state index >= 15 is 0 Å². The van der Waals surface area contributed by atoms with Gasteiger partial charge in [-0.05, 0) is 25.1 Å². The molecular formula is C15H15N3O2. The van der Waals surface area contributed by atoms with Crippen molar-refractivity contribution >= 4 is 5.82 Å². The van der Waals surface area contributed by atoms with Crippen molar-refractivity contribution in [3.63, 3.8) is 0 Å². The first-order chi connectivity index (χ1) is 9.76. The molecule has 0 aliphatic rings. The van der Waals surface area contributed by atoms with Crippen LogP contribution < -0.4 is 14.8 Å². The average Bonchev–Trinajstić information content (AvgIpc) is 2.48. The molecule has 1 N–H and O–H groups in total. The van der Waals surface area contributed by atoms with E-state index in [2.05, 4.69) is 16.4 Å². The van der Waals surface area contributed by atoms with Crippen molar-refractivity contribution in [2.75, 3.05) is 19.0 Å². The van der Waals surface area contributed by atoms with Gasteiger partial charge < -0.3 is 14.8 Å². The fourth-order valence-electron chi connectivity index (χ4n) is 1.69. The number of hydrogen-bond acceptors (Lipinski definition) is 5. The third-order valence-electron chi connectivity index (χ3n) is 2.59. The predicted molar refractivity (Wildman–Crippen MR) is 76.2 cm³/mol. The number of hydrogen-bond donors (Lipinski definition) is 1. The zero-order valence-corrected chi connectivity index (χ0v) is 11.4. The van der Waals surface area contributed by atoms with Crippen LogP contribution in [0.5, 0.6) is 17.4 Å². The van der Waals surface area contributed by atoms with Crippen LogP contribution in [0.15, 0.2) is 36.4 Å². The Morgan fingerprint density at radius 1 is 1.25 bits per heavy atom. The minimum Gasteiger partial charge on any atom is -0.493 e. The molecule has 1 heterocycles. The van der Waals surface area contributed by atoms with Gasteiger partial charge in [-0.2, -0.15) is 10.2 Å². The lowest BCUT2D eigenvalue weighted by Crippen LogP contribution is -2.00. The van der Waals surface area contributed by atoms with E-state index in [0.29, 0.717) is 22.9 Å². The highest BCUT2D eigenvalue weighted by Gasteiger charge is 2.08. The molecule has 0 saturated heterocycles. The number of nitrogens with zero attached hydrogens (tertiary/aromatic N) is 2. The molecule has 2 rings (SSSR count). The summed E-state index contributed by atoms with van der Waals surface area (Å²) in [6.45, 7) is 2.79. The van der Waals surface area contributed by atoms with Crippen LogP contribution in [0.25, 0.3) is 0 Å². The minimum absolute atomic E-state index is 0.464. The van der Waals surface area contributed by atoms with Gasteiger partial charge in [-0.1, -0.05) is 6.07 Å². The maximum atomic E-state index is 8.87. The van der Waals surface area contributed by atoms with E-state index in [1.807, 2.05) is 19.1 Å². The van der Waals surface area contributed by atoms with Gasteiger partial charge in [-0.3, -0.25) is 0 Å². The van der Waals surface area contributed by atoms with Gasteiger partial charge in [0.05, 0.1) is 18.7 Å². The van der Waals surface area contributed by atoms with Crippen molar-refractivity contribution in [2.24, 2.45) is 0 Å². The van der Waals surface area contributed by atoms with Gasteiger partial charge in [0.15, 0.2) is 11.5 Å². The minimum atomic E-state index is 0.464. The second-order valence-electron chi connectivity index (χ2n) is 3.97. The first-order valence-corrected chi connectivity index (χ1v) is 6.23. The molecule has 0 saturated carbocycles. The average molecular weight is 269 g/mol. The Morgan fingerprint density at radius 3 is 2.80 bits per heavy atom. The van der Waals surface area contributed by atoms with Crippen molar-refractivity contribution in [3.05, 3.63) is 42.0 Å². The molecule has 0 radical (unpaired) electrons. The Bertz CT molecular complexity index is 635. The van der Waals surface area contributed by atoms with Crippen LogP contribution in [-0.4, -0.2) is 18.6 Å². The third-order valence-corrected chi connectivity index (χ3v) is 2.59. The number of rotatable bonds is 5. The summed E-state index contributed by atoms with van der Waals surface area (Å²) < 4.78 is 10.9. The van der Waals surface area contributed by atoms with Crippen LogP contribution in [0.2, 0.25) is 0 Å². The second-order valence-corrected chi connectivity index (χ2v) is 3.97. The summed E-state index contributed by atoms with van der Waals surface area (Å²) in [4.78, 5) is 4.32. The highest BCUT2D eigenvalue weighted by Crippen LogP contribution is 2.31. The molecule has 2 aromatic rings. The molecule has 0 amide bonds. The first kappa shape index (κ1) is 13.7. The van der Waals surface area contributed by atoms with Crippen LogP contribution >= 0.6 is 0 Å². The van der Waals surface area contributed by atoms with E-state index in [4.69, 9.17) is 14.7 Å². The summed E-state index contributed by atoms with van der Waals surface area (Å²) in [5.74, 6) is 2.23. The zero-order chi connectivity index (χ0) is 14.4. The van der Waals surface area contributed by atoms with Gasteiger partial charge in [0.2, 0.25) is 5.88 Å². The van der Waals surface area contributed by atoms with E-state index in [9.17, 15) is 0 Å². The first-order valence-electron chi connectivity index (χ1n) is 6.23. The SMILES string of the molecule is CCNc1cccc(Oc2ccc(C#N)cc2OC)n1. The molecule has 0 aliphatic heterocycles.